The number of aromatic nitrogens is 1. The Kier molecular flexibility index (Phi) is 4.57. The molecule has 7 heteroatoms. The maximum absolute atomic E-state index is 13.2. The number of nitrogens with zero attached hydrogens (tertiary/aromatic N) is 2. The van der Waals surface area contributed by atoms with Crippen molar-refractivity contribution in [1.82, 2.24) is 9.47 Å². The lowest BCUT2D eigenvalue weighted by molar-refractivity contribution is -0.136. The van der Waals surface area contributed by atoms with E-state index in [1.54, 1.807) is 29.3 Å². The third kappa shape index (κ3) is 3.40. The first-order valence-electron chi connectivity index (χ1n) is 9.15. The molecule has 2 aromatic rings. The molecule has 3 N–H and O–H groups in total. The number of nitrogens with two attached hydrogens (primary N) is 1. The minimum absolute atomic E-state index is 0.00665. The van der Waals surface area contributed by atoms with Crippen LogP contribution in [0.3, 0.4) is 0 Å². The van der Waals surface area contributed by atoms with Gasteiger partial charge in [0.25, 0.3) is 5.56 Å². The van der Waals surface area contributed by atoms with E-state index in [1.165, 1.54) is 16.7 Å². The standard InChI is InChI=1S/C20H22FN3O3/c21-15-1-3-16(4-2-15)24-11-14-10-23(6-5-12(14)9-19(24)26)20(27)13-7-17(22)18(25)8-13/h1-4,9,11,13,17-18,25H,5-8,10,22H2/t13-,17+,18+/m0/s1. The van der Waals surface area contributed by atoms with Crippen LogP contribution < -0.4 is 11.3 Å². The number of pyridine rings is 1. The van der Waals surface area contributed by atoms with Crippen LogP contribution in [0.15, 0.2) is 41.3 Å². The zero-order valence-electron chi connectivity index (χ0n) is 14.8. The predicted octanol–water partition coefficient (Wildman–Crippen LogP) is 0.959. The van der Waals surface area contributed by atoms with E-state index in [0.717, 1.165) is 11.1 Å². The average Bonchev–Trinajstić information content (AvgIpc) is 3.00. The lowest BCUT2D eigenvalue weighted by atomic mass is 9.99. The highest BCUT2D eigenvalue weighted by molar-refractivity contribution is 5.79. The fourth-order valence-corrected chi connectivity index (χ4v) is 4.03. The molecule has 0 bridgehead atoms. The van der Waals surface area contributed by atoms with Crippen LogP contribution in [0.25, 0.3) is 5.69 Å². The van der Waals surface area contributed by atoms with Gasteiger partial charge < -0.3 is 15.7 Å². The van der Waals surface area contributed by atoms with Crippen LogP contribution in [0.2, 0.25) is 0 Å². The molecule has 0 unspecified atom stereocenters. The summed E-state index contributed by atoms with van der Waals surface area (Å²) in [6.45, 7) is 0.963. The summed E-state index contributed by atoms with van der Waals surface area (Å²) in [5.74, 6) is -0.606. The number of benzene rings is 1. The third-order valence-corrected chi connectivity index (χ3v) is 5.59. The van der Waals surface area contributed by atoms with Gasteiger partial charge in [0.05, 0.1) is 6.10 Å². The zero-order valence-corrected chi connectivity index (χ0v) is 14.8. The van der Waals surface area contributed by atoms with E-state index in [2.05, 4.69) is 0 Å². The van der Waals surface area contributed by atoms with Crippen LogP contribution in [0.5, 0.6) is 0 Å². The van der Waals surface area contributed by atoms with Gasteiger partial charge in [0, 0.05) is 43.0 Å². The maximum Gasteiger partial charge on any atom is 0.255 e. The van der Waals surface area contributed by atoms with Crippen LogP contribution in [0.1, 0.15) is 24.0 Å². The Morgan fingerprint density at radius 3 is 2.59 bits per heavy atom. The number of amides is 1. The summed E-state index contributed by atoms with van der Waals surface area (Å²) in [5.41, 5.74) is 8.08. The second-order valence-electron chi connectivity index (χ2n) is 7.42. The molecule has 1 amide bonds. The van der Waals surface area contributed by atoms with Gasteiger partial charge in [-0.1, -0.05) is 0 Å². The smallest absolute Gasteiger partial charge is 0.255 e. The van der Waals surface area contributed by atoms with Crippen molar-refractivity contribution in [3.63, 3.8) is 0 Å². The van der Waals surface area contributed by atoms with Gasteiger partial charge in [-0.2, -0.15) is 0 Å². The first-order chi connectivity index (χ1) is 12.9. The summed E-state index contributed by atoms with van der Waals surface area (Å²) in [6, 6.07) is 6.97. The summed E-state index contributed by atoms with van der Waals surface area (Å²) >= 11 is 0. The van der Waals surface area contributed by atoms with Crippen LogP contribution in [-0.4, -0.2) is 39.2 Å². The predicted molar refractivity (Wildman–Crippen MR) is 97.8 cm³/mol. The van der Waals surface area contributed by atoms with Gasteiger partial charge in [-0.15, -0.1) is 0 Å². The van der Waals surface area contributed by atoms with Gasteiger partial charge in [0.15, 0.2) is 0 Å². The molecule has 1 aliphatic heterocycles. The molecule has 4 rings (SSSR count). The van der Waals surface area contributed by atoms with Crippen LogP contribution in [0, 0.1) is 11.7 Å². The van der Waals surface area contributed by atoms with Crippen molar-refractivity contribution in [3.05, 3.63) is 63.8 Å². The van der Waals surface area contributed by atoms with Crippen molar-refractivity contribution >= 4 is 5.91 Å². The molecule has 0 radical (unpaired) electrons. The van der Waals surface area contributed by atoms with E-state index in [1.807, 2.05) is 0 Å². The SMILES string of the molecule is N[C@@H]1C[C@H](C(=O)N2CCc3cc(=O)n(-c4ccc(F)cc4)cc3C2)C[C@H]1O. The van der Waals surface area contributed by atoms with Crippen molar-refractivity contribution in [2.45, 2.75) is 38.0 Å². The fraction of sp³-hybridized carbons (Fsp3) is 0.400. The highest BCUT2D eigenvalue weighted by Gasteiger charge is 2.37. The van der Waals surface area contributed by atoms with Gasteiger partial charge in [0.1, 0.15) is 5.82 Å². The number of aliphatic hydroxyl groups is 1. The quantitative estimate of drug-likeness (QED) is 0.823. The minimum atomic E-state index is -0.625. The molecule has 2 aliphatic rings. The fourth-order valence-electron chi connectivity index (χ4n) is 4.03. The van der Waals surface area contributed by atoms with Gasteiger partial charge >= 0.3 is 0 Å². The summed E-state index contributed by atoms with van der Waals surface area (Å²) in [5, 5.41) is 9.83. The molecule has 1 aromatic heterocycles. The molecule has 142 valence electrons. The van der Waals surface area contributed by atoms with Crippen molar-refractivity contribution in [2.75, 3.05) is 6.54 Å². The molecular formula is C20H22FN3O3. The summed E-state index contributed by atoms with van der Waals surface area (Å²) in [4.78, 5) is 27.0. The molecule has 1 aliphatic carbocycles. The number of carbonyl (C=O) groups is 1. The third-order valence-electron chi connectivity index (χ3n) is 5.59. The Bertz CT molecular complexity index is 915. The monoisotopic (exact) mass is 371 g/mol. The Morgan fingerprint density at radius 2 is 1.93 bits per heavy atom. The van der Waals surface area contributed by atoms with E-state index in [0.29, 0.717) is 38.0 Å². The summed E-state index contributed by atoms with van der Waals surface area (Å²) in [6.07, 6.45) is 2.62. The molecule has 2 heterocycles. The van der Waals surface area contributed by atoms with Gasteiger partial charge in [0.2, 0.25) is 5.91 Å². The van der Waals surface area contributed by atoms with E-state index in [4.69, 9.17) is 5.73 Å². The maximum atomic E-state index is 13.2. The number of hydrogen-bond donors (Lipinski definition) is 2. The van der Waals surface area contributed by atoms with E-state index >= 15 is 0 Å². The lowest BCUT2D eigenvalue weighted by Crippen LogP contribution is -2.40. The van der Waals surface area contributed by atoms with Crippen molar-refractivity contribution in [1.29, 1.82) is 0 Å². The lowest BCUT2D eigenvalue weighted by Gasteiger charge is -2.31. The number of rotatable bonds is 2. The minimum Gasteiger partial charge on any atom is -0.391 e. The molecule has 1 saturated carbocycles. The van der Waals surface area contributed by atoms with E-state index < -0.39 is 6.10 Å². The largest absolute Gasteiger partial charge is 0.391 e. The number of halogens is 1. The van der Waals surface area contributed by atoms with Crippen molar-refractivity contribution in [2.24, 2.45) is 11.7 Å². The number of aliphatic hydroxyl groups excluding tert-OH is 1. The number of carbonyl (C=O) groups excluding carboxylic acids is 1. The van der Waals surface area contributed by atoms with Crippen molar-refractivity contribution < 1.29 is 14.3 Å². The zero-order chi connectivity index (χ0) is 19.1. The van der Waals surface area contributed by atoms with Crippen molar-refractivity contribution in [3.8, 4) is 5.69 Å². The number of fused-ring (bicyclic) bond motifs is 1. The highest BCUT2D eigenvalue weighted by atomic mass is 19.1. The Morgan fingerprint density at radius 1 is 1.19 bits per heavy atom. The van der Waals surface area contributed by atoms with Gasteiger partial charge in [-0.3, -0.25) is 14.2 Å². The highest BCUT2D eigenvalue weighted by Crippen LogP contribution is 2.29. The van der Waals surface area contributed by atoms with E-state index in [9.17, 15) is 19.1 Å². The first kappa shape index (κ1) is 17.9. The molecule has 0 spiro atoms. The average molecular weight is 371 g/mol. The molecule has 6 nitrogen and oxygen atoms in total. The van der Waals surface area contributed by atoms with Crippen LogP contribution in [-0.2, 0) is 17.8 Å². The van der Waals surface area contributed by atoms with E-state index in [-0.39, 0.29) is 29.2 Å². The number of hydrogen-bond acceptors (Lipinski definition) is 4. The first-order valence-corrected chi connectivity index (χ1v) is 9.15. The molecule has 0 saturated heterocycles. The van der Waals surface area contributed by atoms with Gasteiger partial charge in [-0.25, -0.2) is 4.39 Å². The Hall–Kier alpha value is -2.51. The molecule has 1 aromatic carbocycles. The summed E-state index contributed by atoms with van der Waals surface area (Å²) < 4.78 is 14.6. The molecule has 27 heavy (non-hydrogen) atoms. The topological polar surface area (TPSA) is 88.6 Å². The second kappa shape index (κ2) is 6.90. The summed E-state index contributed by atoms with van der Waals surface area (Å²) in [7, 11) is 0. The normalized spacial score (nSPS) is 24.7. The molecule has 3 atom stereocenters. The molecule has 1 fully saturated rings. The molecular weight excluding hydrogens is 349 g/mol. The Balaban J connectivity index is 1.58. The second-order valence-corrected chi connectivity index (χ2v) is 7.42. The van der Waals surface area contributed by atoms with Gasteiger partial charge in [-0.05, 0) is 54.7 Å². The van der Waals surface area contributed by atoms with Crippen LogP contribution >= 0.6 is 0 Å². The van der Waals surface area contributed by atoms with Crippen LogP contribution in [0.4, 0.5) is 4.39 Å². The Labute approximate surface area is 156 Å².